The van der Waals surface area contributed by atoms with Gasteiger partial charge in [0.1, 0.15) is 11.6 Å². The molecule has 5 heteroatoms. The molecule has 0 radical (unpaired) electrons. The molecule has 3 rings (SSSR count). The van der Waals surface area contributed by atoms with Crippen molar-refractivity contribution in [2.24, 2.45) is 0 Å². The van der Waals surface area contributed by atoms with Gasteiger partial charge in [-0.3, -0.25) is 4.79 Å². The summed E-state index contributed by atoms with van der Waals surface area (Å²) in [7, 11) is 0. The Morgan fingerprint density at radius 2 is 1.70 bits per heavy atom. The van der Waals surface area contributed by atoms with Crippen LogP contribution in [0.25, 0.3) is 10.2 Å². The van der Waals surface area contributed by atoms with Crippen LogP contribution in [0.4, 0.5) is 5.69 Å². The van der Waals surface area contributed by atoms with E-state index in [-0.39, 0.29) is 12.5 Å². The summed E-state index contributed by atoms with van der Waals surface area (Å²) in [6.45, 7) is 8.91. The maximum atomic E-state index is 12.5. The van der Waals surface area contributed by atoms with Crippen LogP contribution in [0.2, 0.25) is 0 Å². The third-order valence-electron chi connectivity index (χ3n) is 4.43. The van der Waals surface area contributed by atoms with Crippen LogP contribution < -0.4 is 5.32 Å². The molecule has 0 aliphatic carbocycles. The maximum Gasteiger partial charge on any atom is 0.250 e. The van der Waals surface area contributed by atoms with Gasteiger partial charge in [0.15, 0.2) is 0 Å². The molecule has 142 valence electrons. The Labute approximate surface area is 164 Å². The number of amides is 1. The van der Waals surface area contributed by atoms with Crippen LogP contribution in [-0.4, -0.2) is 17.5 Å². The van der Waals surface area contributed by atoms with Gasteiger partial charge >= 0.3 is 0 Å². The van der Waals surface area contributed by atoms with Gasteiger partial charge in [0.25, 0.3) is 0 Å². The maximum absolute atomic E-state index is 12.5. The molecule has 4 nitrogen and oxygen atoms in total. The number of nitrogens with zero attached hydrogens (tertiary/aromatic N) is 1. The molecule has 0 bridgehead atoms. The highest BCUT2D eigenvalue weighted by Crippen LogP contribution is 2.32. The molecule has 0 saturated carbocycles. The number of rotatable bonds is 7. The van der Waals surface area contributed by atoms with Gasteiger partial charge in [-0.25, -0.2) is 4.98 Å². The zero-order valence-electron chi connectivity index (χ0n) is 16.3. The number of anilines is 1. The van der Waals surface area contributed by atoms with E-state index in [0.29, 0.717) is 18.4 Å². The van der Waals surface area contributed by atoms with Crippen molar-refractivity contribution in [2.75, 3.05) is 11.9 Å². The second kappa shape index (κ2) is 8.63. The number of nitrogens with one attached hydrogen (secondary N) is 1. The number of ether oxygens (including phenoxy) is 1. The van der Waals surface area contributed by atoms with Crippen LogP contribution in [0.5, 0.6) is 0 Å². The first kappa shape index (κ1) is 19.5. The molecule has 27 heavy (non-hydrogen) atoms. The highest BCUT2D eigenvalue weighted by molar-refractivity contribution is 7.18. The molecule has 0 atom stereocenters. The molecule has 3 aromatic rings. The first-order chi connectivity index (χ1) is 13.0. The number of aromatic nitrogens is 1. The predicted octanol–water partition coefficient (Wildman–Crippen LogP) is 5.70. The van der Waals surface area contributed by atoms with Crippen molar-refractivity contribution < 1.29 is 9.53 Å². The van der Waals surface area contributed by atoms with Crippen molar-refractivity contribution in [2.45, 2.75) is 46.1 Å². The number of hydrogen-bond donors (Lipinski definition) is 1. The van der Waals surface area contributed by atoms with Gasteiger partial charge in [-0.05, 0) is 35.1 Å². The first-order valence-corrected chi connectivity index (χ1v) is 10.1. The van der Waals surface area contributed by atoms with E-state index in [1.807, 2.05) is 24.3 Å². The summed E-state index contributed by atoms with van der Waals surface area (Å²) in [5.74, 6) is 0.538. The van der Waals surface area contributed by atoms with E-state index in [1.165, 1.54) is 0 Å². The van der Waals surface area contributed by atoms with Crippen molar-refractivity contribution in [1.29, 1.82) is 0 Å². The quantitative estimate of drug-likeness (QED) is 0.570. The van der Waals surface area contributed by atoms with Gasteiger partial charge in [-0.15, -0.1) is 11.3 Å². The van der Waals surface area contributed by atoms with Crippen LogP contribution in [0.15, 0.2) is 42.5 Å². The number of benzene rings is 2. The van der Waals surface area contributed by atoms with E-state index in [4.69, 9.17) is 4.74 Å². The van der Waals surface area contributed by atoms with Gasteiger partial charge < -0.3 is 10.1 Å². The fourth-order valence-corrected chi connectivity index (χ4v) is 3.99. The summed E-state index contributed by atoms with van der Waals surface area (Å²) >= 11 is 1.60. The van der Waals surface area contributed by atoms with Crippen LogP contribution in [0.3, 0.4) is 0 Å². The summed E-state index contributed by atoms with van der Waals surface area (Å²) < 4.78 is 6.75. The minimum atomic E-state index is -0.133. The third-order valence-corrected chi connectivity index (χ3v) is 5.44. The number of carbonyl (C=O) groups is 1. The third kappa shape index (κ3) is 4.73. The van der Waals surface area contributed by atoms with Crippen LogP contribution in [0.1, 0.15) is 55.7 Å². The minimum absolute atomic E-state index is 0.0138. The Balaban J connectivity index is 1.64. The zero-order valence-corrected chi connectivity index (χ0v) is 17.1. The highest BCUT2D eigenvalue weighted by atomic mass is 32.1. The summed E-state index contributed by atoms with van der Waals surface area (Å²) in [5.41, 5.74) is 4.20. The summed E-state index contributed by atoms with van der Waals surface area (Å²) in [6.07, 6.45) is 0. The normalized spacial score (nSPS) is 11.5. The fourth-order valence-electron chi connectivity index (χ4n) is 3.08. The summed E-state index contributed by atoms with van der Waals surface area (Å²) in [5, 5.41) is 3.96. The number of carbonyl (C=O) groups excluding carboxylic acids is 1. The largest absolute Gasteiger partial charge is 0.364 e. The van der Waals surface area contributed by atoms with Gasteiger partial charge in [-0.2, -0.15) is 0 Å². The monoisotopic (exact) mass is 382 g/mol. The molecule has 1 heterocycles. The molecular weight excluding hydrogens is 356 g/mol. The van der Waals surface area contributed by atoms with Crippen LogP contribution in [0, 0.1) is 0 Å². The highest BCUT2D eigenvalue weighted by Gasteiger charge is 2.16. The SMILES string of the molecule is CC(C)c1cccc(C(C)C)c1NC(=O)COCc1nc2ccccc2s1. The van der Waals surface area contributed by atoms with E-state index in [9.17, 15) is 4.79 Å². The average Bonchev–Trinajstić information content (AvgIpc) is 3.04. The first-order valence-electron chi connectivity index (χ1n) is 9.30. The lowest BCUT2D eigenvalue weighted by Crippen LogP contribution is -2.20. The molecule has 0 fully saturated rings. The Kier molecular flexibility index (Phi) is 6.24. The smallest absolute Gasteiger partial charge is 0.250 e. The number of fused-ring (bicyclic) bond motifs is 1. The Morgan fingerprint density at radius 3 is 2.33 bits per heavy atom. The van der Waals surface area contributed by atoms with E-state index >= 15 is 0 Å². The van der Waals surface area contributed by atoms with E-state index in [2.05, 4.69) is 56.2 Å². The topological polar surface area (TPSA) is 51.2 Å². The van der Waals surface area contributed by atoms with Crippen molar-refractivity contribution in [1.82, 2.24) is 4.98 Å². The van der Waals surface area contributed by atoms with Gasteiger partial charge in [0.05, 0.1) is 16.8 Å². The van der Waals surface area contributed by atoms with E-state index < -0.39 is 0 Å². The van der Waals surface area contributed by atoms with Crippen molar-refractivity contribution in [3.8, 4) is 0 Å². The number of hydrogen-bond acceptors (Lipinski definition) is 4. The summed E-state index contributed by atoms with van der Waals surface area (Å²) in [6, 6.07) is 14.2. The Morgan fingerprint density at radius 1 is 1.04 bits per heavy atom. The van der Waals surface area contributed by atoms with Gasteiger partial charge in [-0.1, -0.05) is 58.0 Å². The molecule has 0 saturated heterocycles. The molecule has 0 aliphatic rings. The van der Waals surface area contributed by atoms with Crippen molar-refractivity contribution in [3.63, 3.8) is 0 Å². The lowest BCUT2D eigenvalue weighted by Gasteiger charge is -2.20. The van der Waals surface area contributed by atoms with Crippen LogP contribution in [-0.2, 0) is 16.1 Å². The molecule has 1 aromatic heterocycles. The molecule has 1 amide bonds. The lowest BCUT2D eigenvalue weighted by molar-refractivity contribution is -0.121. The van der Waals surface area contributed by atoms with E-state index in [0.717, 1.165) is 32.0 Å². The lowest BCUT2D eigenvalue weighted by atomic mass is 9.92. The molecule has 0 aliphatic heterocycles. The molecular formula is C22H26N2O2S. The second-order valence-electron chi connectivity index (χ2n) is 7.24. The Hall–Kier alpha value is -2.24. The van der Waals surface area contributed by atoms with Crippen molar-refractivity contribution >= 4 is 33.1 Å². The molecule has 0 spiro atoms. The predicted molar refractivity (Wildman–Crippen MR) is 113 cm³/mol. The van der Waals surface area contributed by atoms with E-state index in [1.54, 1.807) is 11.3 Å². The molecule has 1 N–H and O–H groups in total. The van der Waals surface area contributed by atoms with Gasteiger partial charge in [0.2, 0.25) is 5.91 Å². The summed E-state index contributed by atoms with van der Waals surface area (Å²) in [4.78, 5) is 17.0. The average molecular weight is 383 g/mol. The van der Waals surface area contributed by atoms with Crippen molar-refractivity contribution in [3.05, 3.63) is 58.6 Å². The standard InChI is InChI=1S/C22H26N2O2S/c1-14(2)16-8-7-9-17(15(3)4)22(16)24-20(25)12-26-13-21-23-18-10-5-6-11-19(18)27-21/h5-11,14-15H,12-13H2,1-4H3,(H,24,25). The van der Waals surface area contributed by atoms with Crippen LogP contribution >= 0.6 is 11.3 Å². The molecule has 0 unspecified atom stereocenters. The number of thiazole rings is 1. The second-order valence-corrected chi connectivity index (χ2v) is 8.35. The minimum Gasteiger partial charge on any atom is -0.364 e. The fraction of sp³-hybridized carbons (Fsp3) is 0.364. The van der Waals surface area contributed by atoms with Gasteiger partial charge in [0, 0.05) is 5.69 Å². The molecule has 2 aromatic carbocycles. The zero-order chi connectivity index (χ0) is 19.4. The Bertz CT molecular complexity index is 872. The number of para-hydroxylation sites is 2.